The average Bonchev–Trinajstić information content (AvgIpc) is 2.85. The highest BCUT2D eigenvalue weighted by Crippen LogP contribution is 2.27. The minimum atomic E-state index is -0.455. The Morgan fingerprint density at radius 3 is 2.84 bits per heavy atom. The quantitative estimate of drug-likeness (QED) is 0.311. The van der Waals surface area contributed by atoms with Gasteiger partial charge in [-0.3, -0.25) is 5.43 Å². The smallest absolute Gasteiger partial charge is 0.339 e. The average molecular weight is 399 g/mol. The molecule has 0 bridgehead atoms. The van der Waals surface area contributed by atoms with Gasteiger partial charge in [0, 0.05) is 22.2 Å². The van der Waals surface area contributed by atoms with E-state index in [2.05, 4.69) is 15.5 Å². The molecule has 6 nitrogen and oxygen atoms in total. The molecule has 0 saturated heterocycles. The van der Waals surface area contributed by atoms with Crippen molar-refractivity contribution in [3.63, 3.8) is 0 Å². The Balaban J connectivity index is 2.51. The van der Waals surface area contributed by atoms with Crippen molar-refractivity contribution in [2.24, 2.45) is 10.8 Å². The number of aromatic amines is 1. The molecule has 1 aromatic heterocycles. The lowest BCUT2D eigenvalue weighted by molar-refractivity contribution is 0.0599. The number of thiocarbonyl (C=S) groups is 1. The number of hydrazone groups is 1. The molecule has 1 aromatic carbocycles. The summed E-state index contributed by atoms with van der Waals surface area (Å²) in [5.74, 6) is -0.455. The minimum absolute atomic E-state index is 0.0344. The van der Waals surface area contributed by atoms with Gasteiger partial charge in [-0.1, -0.05) is 23.2 Å². The number of hydrogen-bond donors (Lipinski definition) is 3. The van der Waals surface area contributed by atoms with Crippen LogP contribution < -0.4 is 11.2 Å². The molecule has 4 N–H and O–H groups in total. The summed E-state index contributed by atoms with van der Waals surface area (Å²) in [6.45, 7) is 1.77. The van der Waals surface area contributed by atoms with Gasteiger partial charge in [0.1, 0.15) is 0 Å². The molecule has 0 aliphatic carbocycles. The lowest BCUT2D eigenvalue weighted by atomic mass is 10.00. The first-order valence-electron chi connectivity index (χ1n) is 7.15. The highest BCUT2D eigenvalue weighted by molar-refractivity contribution is 7.80. The first kappa shape index (κ1) is 19.2. The number of rotatable bonds is 5. The Morgan fingerprint density at radius 1 is 1.48 bits per heavy atom. The number of aromatic nitrogens is 1. The maximum atomic E-state index is 12.2. The van der Waals surface area contributed by atoms with Gasteiger partial charge in [-0.25, -0.2) is 4.79 Å². The number of nitrogens with two attached hydrogens (primary N) is 1. The van der Waals surface area contributed by atoms with E-state index in [1.54, 1.807) is 25.1 Å². The molecule has 0 atom stereocenters. The number of methoxy groups -OCH3 is 1. The van der Waals surface area contributed by atoms with Crippen LogP contribution in [0.5, 0.6) is 0 Å². The van der Waals surface area contributed by atoms with Crippen LogP contribution in [-0.2, 0) is 11.2 Å². The number of halogens is 2. The molecule has 2 aromatic rings. The standard InChI is InChI=1S/C16H16Cl2N4O2S/c1-8-14(15(23)24-2)11(13(21-8)7-20-22-16(19)25)6-9-5-10(17)3-4-12(9)18/h3-5,7,21H,6H2,1-2H3,(H3,19,22,25)/b20-7+. The Hall–Kier alpha value is -2.09. The monoisotopic (exact) mass is 398 g/mol. The highest BCUT2D eigenvalue weighted by Gasteiger charge is 2.22. The molecular weight excluding hydrogens is 383 g/mol. The second-order valence-electron chi connectivity index (χ2n) is 5.16. The van der Waals surface area contributed by atoms with Gasteiger partial charge < -0.3 is 15.5 Å². The molecular formula is C16H16Cl2N4O2S. The Morgan fingerprint density at radius 2 is 2.20 bits per heavy atom. The molecule has 0 radical (unpaired) electrons. The van der Waals surface area contributed by atoms with Gasteiger partial charge in [-0.15, -0.1) is 0 Å². The molecule has 25 heavy (non-hydrogen) atoms. The Kier molecular flexibility index (Phi) is 6.41. The Labute approximate surface area is 160 Å². The molecule has 0 aliphatic heterocycles. The molecule has 0 spiro atoms. The Bertz CT molecular complexity index is 849. The fourth-order valence-corrected chi connectivity index (χ4v) is 2.83. The third kappa shape index (κ3) is 4.72. The maximum absolute atomic E-state index is 12.2. The summed E-state index contributed by atoms with van der Waals surface area (Å²) >= 11 is 17.0. The van der Waals surface area contributed by atoms with Gasteiger partial charge in [-0.2, -0.15) is 5.10 Å². The van der Waals surface area contributed by atoms with Crippen LogP contribution in [0.3, 0.4) is 0 Å². The normalized spacial score (nSPS) is 10.9. The van der Waals surface area contributed by atoms with Crippen LogP contribution in [0.2, 0.25) is 10.0 Å². The number of carbonyl (C=O) groups excluding carboxylic acids is 1. The van der Waals surface area contributed by atoms with Crippen LogP contribution >= 0.6 is 35.4 Å². The van der Waals surface area contributed by atoms with Crippen LogP contribution in [0.25, 0.3) is 0 Å². The number of hydrogen-bond acceptors (Lipinski definition) is 4. The zero-order chi connectivity index (χ0) is 18.6. The predicted octanol–water partition coefficient (Wildman–Crippen LogP) is 3.17. The van der Waals surface area contributed by atoms with Crippen molar-refractivity contribution in [3.05, 3.63) is 56.3 Å². The van der Waals surface area contributed by atoms with Crippen LogP contribution in [0, 0.1) is 6.92 Å². The van der Waals surface area contributed by atoms with Gasteiger partial charge in [0.05, 0.1) is 24.6 Å². The lowest BCUT2D eigenvalue weighted by Crippen LogP contribution is -2.24. The van der Waals surface area contributed by atoms with Crippen molar-refractivity contribution in [3.8, 4) is 0 Å². The van der Waals surface area contributed by atoms with Gasteiger partial charge in [-0.05, 0) is 48.5 Å². The number of esters is 1. The number of aryl methyl sites for hydroxylation is 1. The van der Waals surface area contributed by atoms with Crippen molar-refractivity contribution in [2.45, 2.75) is 13.3 Å². The van der Waals surface area contributed by atoms with E-state index in [9.17, 15) is 4.79 Å². The molecule has 9 heteroatoms. The molecule has 0 aliphatic rings. The van der Waals surface area contributed by atoms with Gasteiger partial charge in [0.25, 0.3) is 0 Å². The van der Waals surface area contributed by atoms with E-state index in [4.69, 9.17) is 45.9 Å². The SMILES string of the molecule is COC(=O)c1c(C)[nH]c(/C=N/NC(N)=S)c1Cc1cc(Cl)ccc1Cl. The third-order valence-electron chi connectivity index (χ3n) is 3.46. The van der Waals surface area contributed by atoms with Gasteiger partial charge >= 0.3 is 5.97 Å². The van der Waals surface area contributed by atoms with Crippen LogP contribution in [0.1, 0.15) is 32.9 Å². The number of H-pyrrole nitrogens is 1. The van der Waals surface area contributed by atoms with E-state index >= 15 is 0 Å². The number of ether oxygens (including phenoxy) is 1. The summed E-state index contributed by atoms with van der Waals surface area (Å²) in [7, 11) is 1.33. The number of carbonyl (C=O) groups is 1. The van der Waals surface area contributed by atoms with Crippen molar-refractivity contribution < 1.29 is 9.53 Å². The summed E-state index contributed by atoms with van der Waals surface area (Å²) in [6, 6.07) is 5.16. The second-order valence-corrected chi connectivity index (χ2v) is 6.44. The third-order valence-corrected chi connectivity index (χ3v) is 4.15. The van der Waals surface area contributed by atoms with Crippen molar-refractivity contribution in [1.82, 2.24) is 10.4 Å². The van der Waals surface area contributed by atoms with Crippen molar-refractivity contribution in [2.75, 3.05) is 7.11 Å². The van der Waals surface area contributed by atoms with E-state index in [-0.39, 0.29) is 5.11 Å². The summed E-state index contributed by atoms with van der Waals surface area (Å²) in [5.41, 5.74) is 11.0. The predicted molar refractivity (Wildman–Crippen MR) is 104 cm³/mol. The summed E-state index contributed by atoms with van der Waals surface area (Å²) < 4.78 is 4.89. The van der Waals surface area contributed by atoms with E-state index < -0.39 is 5.97 Å². The van der Waals surface area contributed by atoms with Crippen molar-refractivity contribution >= 4 is 52.7 Å². The molecule has 0 saturated carbocycles. The second kappa shape index (κ2) is 8.33. The topological polar surface area (TPSA) is 92.5 Å². The highest BCUT2D eigenvalue weighted by atomic mass is 35.5. The first-order valence-corrected chi connectivity index (χ1v) is 8.32. The summed E-state index contributed by atoms with van der Waals surface area (Å²) in [4.78, 5) is 15.3. The fourth-order valence-electron chi connectivity index (χ4n) is 2.40. The van der Waals surface area contributed by atoms with E-state index in [1.807, 2.05) is 0 Å². The maximum Gasteiger partial charge on any atom is 0.339 e. The lowest BCUT2D eigenvalue weighted by Gasteiger charge is -2.08. The van der Waals surface area contributed by atoms with E-state index in [1.165, 1.54) is 13.3 Å². The van der Waals surface area contributed by atoms with Gasteiger partial charge in [0.15, 0.2) is 5.11 Å². The molecule has 132 valence electrons. The van der Waals surface area contributed by atoms with Crippen LogP contribution in [0.4, 0.5) is 0 Å². The molecule has 0 amide bonds. The zero-order valence-electron chi connectivity index (χ0n) is 13.5. The van der Waals surface area contributed by atoms with Gasteiger partial charge in [0.2, 0.25) is 0 Å². The van der Waals surface area contributed by atoms with E-state index in [0.717, 1.165) is 5.56 Å². The molecule has 2 rings (SSSR count). The summed E-state index contributed by atoms with van der Waals surface area (Å²) in [6.07, 6.45) is 1.86. The number of nitrogens with zero attached hydrogens (tertiary/aromatic N) is 1. The fraction of sp³-hybridized carbons (Fsp3) is 0.188. The zero-order valence-corrected chi connectivity index (χ0v) is 15.9. The number of benzene rings is 1. The molecule has 0 unspecified atom stereocenters. The van der Waals surface area contributed by atoms with E-state index in [0.29, 0.717) is 39.0 Å². The largest absolute Gasteiger partial charge is 0.465 e. The molecule has 0 fully saturated rings. The minimum Gasteiger partial charge on any atom is -0.465 e. The molecule has 1 heterocycles. The van der Waals surface area contributed by atoms with Crippen molar-refractivity contribution in [1.29, 1.82) is 0 Å². The summed E-state index contributed by atoms with van der Waals surface area (Å²) in [5, 5.41) is 5.07. The first-order chi connectivity index (χ1) is 11.8. The van der Waals surface area contributed by atoms with Crippen LogP contribution in [0.15, 0.2) is 23.3 Å². The van der Waals surface area contributed by atoms with Crippen LogP contribution in [-0.4, -0.2) is 29.4 Å². The number of nitrogens with one attached hydrogen (secondary N) is 2.